The Morgan fingerprint density at radius 3 is 1.32 bits per heavy atom. The molecule has 0 unspecified atom stereocenters. The Morgan fingerprint density at radius 1 is 0.893 bits per heavy atom. The SMILES string of the molecule is CCO.CCO.CCO.CCO.Cl.Cl.Cl.Cl.[O]=[Mo][O][Mo](=[O])[O][Mo]1(=[O])[O][Mo](=[O])[O]1. The van der Waals surface area contributed by atoms with Crippen molar-refractivity contribution in [2.75, 3.05) is 26.4 Å². The fraction of sp³-hybridized carbons (Fsp3) is 1.00. The maximum atomic E-state index is 10.9. The van der Waals surface area contributed by atoms with Gasteiger partial charge in [0.1, 0.15) is 0 Å². The van der Waals surface area contributed by atoms with Crippen LogP contribution in [0.5, 0.6) is 0 Å². The van der Waals surface area contributed by atoms with Gasteiger partial charge in [0, 0.05) is 26.4 Å². The summed E-state index contributed by atoms with van der Waals surface area (Å²) in [4.78, 5) is 0. The van der Waals surface area contributed by atoms with E-state index in [-0.39, 0.29) is 76.1 Å². The van der Waals surface area contributed by atoms with Gasteiger partial charge in [-0.2, -0.15) is 0 Å². The minimum absolute atomic E-state index is 0. The van der Waals surface area contributed by atoms with E-state index >= 15 is 0 Å². The van der Waals surface area contributed by atoms with E-state index in [0.717, 1.165) is 0 Å². The van der Waals surface area contributed by atoms with E-state index in [4.69, 9.17) is 20.4 Å². The first-order chi connectivity index (χ1) is 11.2. The second-order valence-corrected chi connectivity index (χ2v) is 16.0. The molecule has 4 N–H and O–H groups in total. The van der Waals surface area contributed by atoms with Gasteiger partial charge in [-0.1, -0.05) is 0 Å². The molecule has 184 valence electrons. The molecule has 1 fully saturated rings. The number of hydrogen-bond acceptors (Lipinski definition) is 12. The molecule has 1 aliphatic heterocycles. The summed E-state index contributed by atoms with van der Waals surface area (Å²) in [6.07, 6.45) is 0. The zero-order valence-electron chi connectivity index (χ0n) is 15.1. The van der Waals surface area contributed by atoms with Crippen LogP contribution in [0.25, 0.3) is 0 Å². The van der Waals surface area contributed by atoms with Crippen LogP contribution in [0.3, 0.4) is 0 Å². The maximum absolute atomic E-state index is 10.9. The number of hydrogen-bond donors (Lipinski definition) is 4. The average molecular weight is 842 g/mol. The molecule has 0 spiro atoms. The molecule has 1 aliphatic rings. The fourth-order valence-corrected chi connectivity index (χ4v) is 15.2. The summed E-state index contributed by atoms with van der Waals surface area (Å²) in [5, 5.41) is 30.3. The molecule has 28 heavy (non-hydrogen) atoms. The number of aliphatic hydroxyl groups excluding tert-OH is 4. The van der Waals surface area contributed by atoms with Crippen LogP contribution in [-0.2, 0) is 93.9 Å². The zero-order chi connectivity index (χ0) is 20.0. The Labute approximate surface area is 215 Å². The number of rotatable bonds is 4. The molecular weight excluding hydrogens is 814 g/mol. The third-order valence-corrected chi connectivity index (χ3v) is 17.5. The molecule has 20 heteroatoms. The molecule has 0 aromatic carbocycles. The molecule has 1 saturated heterocycles. The van der Waals surface area contributed by atoms with E-state index in [2.05, 4.69) is 8.17 Å². The molecule has 0 bridgehead atoms. The fourth-order valence-electron chi connectivity index (χ4n) is 0.266. The molecule has 0 amide bonds. The summed E-state index contributed by atoms with van der Waals surface area (Å²) in [6, 6.07) is 0. The third kappa shape index (κ3) is 51.4. The van der Waals surface area contributed by atoms with Crippen molar-refractivity contribution in [3.05, 3.63) is 0 Å². The van der Waals surface area contributed by atoms with Crippen molar-refractivity contribution in [3.8, 4) is 0 Å². The van der Waals surface area contributed by atoms with Crippen LogP contribution in [0.15, 0.2) is 0 Å². The first-order valence-corrected chi connectivity index (χ1v) is 15.9. The van der Waals surface area contributed by atoms with Gasteiger partial charge in [-0.15, -0.1) is 49.6 Å². The van der Waals surface area contributed by atoms with E-state index < -0.39 is 72.1 Å². The average Bonchev–Trinajstić information content (AvgIpc) is 2.40. The predicted octanol–water partition coefficient (Wildman–Crippen LogP) is 0.923. The van der Waals surface area contributed by atoms with E-state index in [1.807, 2.05) is 0 Å². The van der Waals surface area contributed by atoms with Crippen molar-refractivity contribution in [1.29, 1.82) is 0 Å². The van der Waals surface area contributed by atoms with E-state index in [1.165, 1.54) is 0 Å². The van der Waals surface area contributed by atoms with Crippen LogP contribution in [0, 0.1) is 0 Å². The van der Waals surface area contributed by atoms with Crippen molar-refractivity contribution in [2.45, 2.75) is 27.7 Å². The van der Waals surface area contributed by atoms with Gasteiger partial charge in [0.15, 0.2) is 0 Å². The van der Waals surface area contributed by atoms with Crippen molar-refractivity contribution in [1.82, 2.24) is 0 Å². The molecule has 12 nitrogen and oxygen atoms in total. The summed E-state index contributed by atoms with van der Waals surface area (Å²) in [7, 11) is 0. The summed E-state index contributed by atoms with van der Waals surface area (Å²) >= 11 is -13.6. The van der Waals surface area contributed by atoms with Crippen LogP contribution in [0.4, 0.5) is 0 Å². The van der Waals surface area contributed by atoms with Gasteiger partial charge in [0.2, 0.25) is 0 Å². The van der Waals surface area contributed by atoms with Gasteiger partial charge in [0.25, 0.3) is 0 Å². The molecule has 0 atom stereocenters. The van der Waals surface area contributed by atoms with Crippen LogP contribution < -0.4 is 0 Å². The normalized spacial score (nSPS) is 12.0. The molecule has 0 aliphatic carbocycles. The standard InChI is InChI=1S/4C2H6O.4ClH.4Mo.8O/c4*1-2-3;;;;;;;;;;;;;;;;/h4*3H,2H2,1H3;4*1H;;;;;;;;;;;;. The van der Waals surface area contributed by atoms with Gasteiger partial charge in [-0.05, 0) is 27.7 Å². The minimum atomic E-state index is -4.63. The molecule has 1 heterocycles. The van der Waals surface area contributed by atoms with Gasteiger partial charge in [-0.25, -0.2) is 0 Å². The summed E-state index contributed by atoms with van der Waals surface area (Å²) in [5.41, 5.74) is 0. The Hall–Kier alpha value is 2.79. The van der Waals surface area contributed by atoms with Crippen LogP contribution in [0.2, 0.25) is 0 Å². The van der Waals surface area contributed by atoms with E-state index in [0.29, 0.717) is 0 Å². The quantitative estimate of drug-likeness (QED) is 0.294. The van der Waals surface area contributed by atoms with E-state index in [9.17, 15) is 13.6 Å². The Bertz CT molecular complexity index is 349. The van der Waals surface area contributed by atoms with Crippen molar-refractivity contribution in [3.63, 3.8) is 0 Å². The van der Waals surface area contributed by atoms with Gasteiger partial charge >= 0.3 is 93.9 Å². The summed E-state index contributed by atoms with van der Waals surface area (Å²) < 4.78 is 58.4. The first kappa shape index (κ1) is 52.6. The first-order valence-electron chi connectivity index (χ1n) is 6.09. The second-order valence-electron chi connectivity index (χ2n) is 2.42. The van der Waals surface area contributed by atoms with Crippen LogP contribution in [-0.4, -0.2) is 46.9 Å². The van der Waals surface area contributed by atoms with E-state index in [1.54, 1.807) is 27.7 Å². The van der Waals surface area contributed by atoms with Crippen molar-refractivity contribution >= 4 is 49.6 Å². The molecular formula is C8H28Cl4Mo4O12. The van der Waals surface area contributed by atoms with Gasteiger partial charge < -0.3 is 20.4 Å². The Kier molecular flexibility index (Phi) is 82.0. The number of aliphatic hydroxyl groups is 4. The molecule has 0 saturated carbocycles. The van der Waals surface area contributed by atoms with Gasteiger partial charge in [-0.3, -0.25) is 0 Å². The van der Waals surface area contributed by atoms with Gasteiger partial charge in [0.05, 0.1) is 0 Å². The van der Waals surface area contributed by atoms with Crippen LogP contribution >= 0.6 is 49.6 Å². The monoisotopic (exact) mass is 848 g/mol. The molecule has 1 rings (SSSR count). The topological polar surface area (TPSA) is 186 Å². The zero-order valence-corrected chi connectivity index (χ0v) is 26.4. The molecule has 0 radical (unpaired) electrons. The summed E-state index contributed by atoms with van der Waals surface area (Å²) in [6.45, 7) is 7.72. The molecule has 0 aromatic rings. The Morgan fingerprint density at radius 2 is 1.14 bits per heavy atom. The Balaban J connectivity index is -0.0000000357. The second kappa shape index (κ2) is 43.6. The number of halogens is 4. The van der Waals surface area contributed by atoms with Crippen LogP contribution in [0.1, 0.15) is 27.7 Å². The molecule has 0 aromatic heterocycles. The van der Waals surface area contributed by atoms with Crippen molar-refractivity contribution in [2.24, 2.45) is 0 Å². The predicted molar refractivity (Wildman–Crippen MR) is 87.1 cm³/mol. The third-order valence-electron chi connectivity index (χ3n) is 0.500. The van der Waals surface area contributed by atoms with Crippen molar-refractivity contribution < 1.29 is 114 Å². The summed E-state index contributed by atoms with van der Waals surface area (Å²) in [5.74, 6) is 0.